The lowest BCUT2D eigenvalue weighted by atomic mass is 9.94. The quantitative estimate of drug-likeness (QED) is 0.211. The molecule has 0 saturated heterocycles. The molecule has 2 aromatic heterocycles. The van der Waals surface area contributed by atoms with Gasteiger partial charge in [-0.1, -0.05) is 33.6 Å². The molecule has 9 nitrogen and oxygen atoms in total. The molecule has 0 bridgehead atoms. The molecule has 0 spiro atoms. The summed E-state index contributed by atoms with van der Waals surface area (Å²) in [4.78, 5) is 37.0. The van der Waals surface area contributed by atoms with Crippen LogP contribution in [0.4, 0.5) is 0 Å². The highest BCUT2D eigenvalue weighted by atomic mass is 32.2. The number of nitrogens with one attached hydrogen (secondary N) is 1. The molecule has 1 atom stereocenters. The van der Waals surface area contributed by atoms with Gasteiger partial charge in [-0.05, 0) is 12.8 Å². The molecule has 0 aromatic carbocycles. The zero-order valence-corrected chi connectivity index (χ0v) is 20.4. The second-order valence-electron chi connectivity index (χ2n) is 8.33. The number of amides is 2. The van der Waals surface area contributed by atoms with Gasteiger partial charge in [0, 0.05) is 11.8 Å². The SMILES string of the molecule is CC(C)(C)c1cnc(CSc2cnc(C(CCCCCC(=O)NOCCO)C(N)=O)s2)o1. The number of thiazole rings is 1. The summed E-state index contributed by atoms with van der Waals surface area (Å²) in [7, 11) is 0. The van der Waals surface area contributed by atoms with Gasteiger partial charge in [0.15, 0.2) is 0 Å². The maximum atomic E-state index is 12.0. The van der Waals surface area contributed by atoms with E-state index < -0.39 is 11.8 Å². The van der Waals surface area contributed by atoms with Crippen molar-refractivity contribution in [1.29, 1.82) is 0 Å². The zero-order chi connectivity index (χ0) is 23.6. The summed E-state index contributed by atoms with van der Waals surface area (Å²) in [5, 5.41) is 9.31. The number of carbonyl (C=O) groups is 2. The molecule has 2 rings (SSSR count). The average molecular weight is 485 g/mol. The highest BCUT2D eigenvalue weighted by Crippen LogP contribution is 2.34. The molecule has 2 amide bonds. The number of hydroxylamine groups is 1. The lowest BCUT2D eigenvalue weighted by Gasteiger charge is -2.12. The van der Waals surface area contributed by atoms with Crippen molar-refractivity contribution in [2.75, 3.05) is 13.2 Å². The van der Waals surface area contributed by atoms with E-state index in [0.29, 0.717) is 35.9 Å². The molecule has 178 valence electrons. The van der Waals surface area contributed by atoms with Crippen molar-refractivity contribution in [1.82, 2.24) is 15.4 Å². The lowest BCUT2D eigenvalue weighted by molar-refractivity contribution is -0.134. The van der Waals surface area contributed by atoms with E-state index in [9.17, 15) is 9.59 Å². The van der Waals surface area contributed by atoms with Crippen LogP contribution in [0.25, 0.3) is 0 Å². The average Bonchev–Trinajstić information content (AvgIpc) is 3.38. The third-order valence-corrected chi connectivity index (χ3v) is 6.84. The Morgan fingerprint density at radius 3 is 2.72 bits per heavy atom. The molecule has 0 aliphatic heterocycles. The molecular weight excluding hydrogens is 452 g/mol. The van der Waals surface area contributed by atoms with Crippen LogP contribution >= 0.6 is 23.1 Å². The van der Waals surface area contributed by atoms with E-state index in [1.807, 2.05) is 0 Å². The predicted octanol–water partition coefficient (Wildman–Crippen LogP) is 3.28. The number of hydrogen-bond donors (Lipinski definition) is 3. The van der Waals surface area contributed by atoms with Gasteiger partial charge in [-0.3, -0.25) is 14.4 Å². The maximum absolute atomic E-state index is 12.0. The van der Waals surface area contributed by atoms with E-state index in [1.54, 1.807) is 24.2 Å². The highest BCUT2D eigenvalue weighted by Gasteiger charge is 2.22. The summed E-state index contributed by atoms with van der Waals surface area (Å²) in [5.74, 6) is 1.03. The van der Waals surface area contributed by atoms with Crippen LogP contribution in [0.2, 0.25) is 0 Å². The fourth-order valence-electron chi connectivity index (χ4n) is 2.78. The summed E-state index contributed by atoms with van der Waals surface area (Å²) < 4.78 is 6.79. The number of hydrogen-bond acceptors (Lipinski definition) is 9. The van der Waals surface area contributed by atoms with Gasteiger partial charge in [-0.15, -0.1) is 23.1 Å². The van der Waals surface area contributed by atoms with Crippen LogP contribution in [0.3, 0.4) is 0 Å². The van der Waals surface area contributed by atoms with Gasteiger partial charge in [0.25, 0.3) is 0 Å². The molecular formula is C21H32N4O5S2. The molecule has 0 saturated carbocycles. The van der Waals surface area contributed by atoms with E-state index >= 15 is 0 Å². The summed E-state index contributed by atoms with van der Waals surface area (Å²) >= 11 is 3.03. The number of thioether (sulfide) groups is 1. The number of aromatic nitrogens is 2. The van der Waals surface area contributed by atoms with E-state index in [4.69, 9.17) is 20.1 Å². The third kappa shape index (κ3) is 8.89. The van der Waals surface area contributed by atoms with Crippen LogP contribution < -0.4 is 11.2 Å². The van der Waals surface area contributed by atoms with Crippen LogP contribution in [0, 0.1) is 0 Å². The molecule has 2 heterocycles. The first-order chi connectivity index (χ1) is 15.2. The fourth-order valence-corrected chi connectivity index (χ4v) is 4.77. The summed E-state index contributed by atoms with van der Waals surface area (Å²) in [6.45, 7) is 6.14. The number of nitrogens with zero attached hydrogens (tertiary/aromatic N) is 2. The number of aliphatic hydroxyl groups excluding tert-OH is 1. The summed E-state index contributed by atoms with van der Waals surface area (Å²) in [6, 6.07) is 0. The Bertz CT molecular complexity index is 862. The van der Waals surface area contributed by atoms with E-state index in [1.165, 1.54) is 11.3 Å². The van der Waals surface area contributed by atoms with Gasteiger partial charge in [-0.2, -0.15) is 0 Å². The molecule has 32 heavy (non-hydrogen) atoms. The van der Waals surface area contributed by atoms with Crippen molar-refractivity contribution < 1.29 is 24.0 Å². The van der Waals surface area contributed by atoms with Crippen molar-refractivity contribution in [3.05, 3.63) is 29.1 Å². The number of nitrogens with two attached hydrogens (primary N) is 1. The van der Waals surface area contributed by atoms with Gasteiger partial charge in [-0.25, -0.2) is 15.4 Å². The minimum absolute atomic E-state index is 0.0656. The molecule has 4 N–H and O–H groups in total. The minimum atomic E-state index is -0.440. The monoisotopic (exact) mass is 484 g/mol. The first-order valence-electron chi connectivity index (χ1n) is 10.5. The van der Waals surface area contributed by atoms with Crippen molar-refractivity contribution in [2.45, 2.75) is 74.2 Å². The Labute approximate surface area is 196 Å². The number of oxazole rings is 1. The molecule has 1 unspecified atom stereocenters. The van der Waals surface area contributed by atoms with Gasteiger partial charge in [0.2, 0.25) is 17.7 Å². The van der Waals surface area contributed by atoms with Crippen LogP contribution in [0.5, 0.6) is 0 Å². The summed E-state index contributed by atoms with van der Waals surface area (Å²) in [6.07, 6.45) is 6.64. The standard InChI is InChI=1S/C21H32N4O5S2/c1-21(2,3)15-11-23-17(30-15)13-31-18-12-24-20(32-18)14(19(22)28)7-5-4-6-8-16(27)25-29-10-9-26/h11-12,14,26H,4-10,13H2,1-3H3,(H2,22,28)(H,25,27). The number of rotatable bonds is 14. The predicted molar refractivity (Wildman–Crippen MR) is 123 cm³/mol. The smallest absolute Gasteiger partial charge is 0.243 e. The molecule has 11 heteroatoms. The highest BCUT2D eigenvalue weighted by molar-refractivity contribution is 8.00. The molecule has 0 aliphatic carbocycles. The molecule has 0 fully saturated rings. The van der Waals surface area contributed by atoms with Crippen molar-refractivity contribution in [3.8, 4) is 0 Å². The normalized spacial score (nSPS) is 12.6. The van der Waals surface area contributed by atoms with E-state index in [-0.39, 0.29) is 24.5 Å². The third-order valence-electron chi connectivity index (χ3n) is 4.55. The Kier molecular flexibility index (Phi) is 10.6. The van der Waals surface area contributed by atoms with Gasteiger partial charge in [0.1, 0.15) is 10.8 Å². The van der Waals surface area contributed by atoms with Crippen LogP contribution in [0.1, 0.15) is 75.5 Å². The maximum Gasteiger partial charge on any atom is 0.243 e. The Morgan fingerprint density at radius 1 is 1.28 bits per heavy atom. The second kappa shape index (κ2) is 12.9. The number of primary amides is 1. The van der Waals surface area contributed by atoms with Crippen LogP contribution in [-0.4, -0.2) is 40.1 Å². The van der Waals surface area contributed by atoms with E-state index in [2.05, 4.69) is 36.2 Å². The lowest BCUT2D eigenvalue weighted by Crippen LogP contribution is -2.24. The molecule has 2 aromatic rings. The van der Waals surface area contributed by atoms with Gasteiger partial charge >= 0.3 is 0 Å². The largest absolute Gasteiger partial charge is 0.444 e. The van der Waals surface area contributed by atoms with Crippen molar-refractivity contribution >= 4 is 34.9 Å². The zero-order valence-electron chi connectivity index (χ0n) is 18.8. The Morgan fingerprint density at radius 2 is 2.06 bits per heavy atom. The minimum Gasteiger partial charge on any atom is -0.444 e. The topological polar surface area (TPSA) is 141 Å². The van der Waals surface area contributed by atoms with Crippen LogP contribution in [-0.2, 0) is 25.6 Å². The molecule has 0 radical (unpaired) electrons. The van der Waals surface area contributed by atoms with Gasteiger partial charge in [0.05, 0.1) is 41.5 Å². The van der Waals surface area contributed by atoms with Gasteiger partial charge < -0.3 is 15.3 Å². The Balaban J connectivity index is 1.77. The second-order valence-corrected chi connectivity index (χ2v) is 10.7. The number of carbonyl (C=O) groups excluding carboxylic acids is 2. The summed E-state index contributed by atoms with van der Waals surface area (Å²) in [5.41, 5.74) is 7.80. The van der Waals surface area contributed by atoms with E-state index in [0.717, 1.165) is 22.8 Å². The first-order valence-corrected chi connectivity index (χ1v) is 12.4. The number of aliphatic hydroxyl groups is 1. The van der Waals surface area contributed by atoms with Crippen molar-refractivity contribution in [3.63, 3.8) is 0 Å². The number of unbranched alkanes of at least 4 members (excludes halogenated alkanes) is 2. The fraction of sp³-hybridized carbons (Fsp3) is 0.619. The first kappa shape index (κ1) is 26.3. The Hall–Kier alpha value is -1.95. The van der Waals surface area contributed by atoms with Crippen LogP contribution in [0.15, 0.2) is 21.0 Å². The van der Waals surface area contributed by atoms with Crippen molar-refractivity contribution in [2.24, 2.45) is 5.73 Å². The molecule has 0 aliphatic rings.